The zero-order valence-corrected chi connectivity index (χ0v) is 16.8. The highest BCUT2D eigenvalue weighted by Gasteiger charge is 2.22. The van der Waals surface area contributed by atoms with Gasteiger partial charge >= 0.3 is 0 Å². The van der Waals surface area contributed by atoms with Gasteiger partial charge in [0.05, 0.1) is 12.1 Å². The average Bonchev–Trinajstić information content (AvgIpc) is 3.18. The Hall–Kier alpha value is -2.51. The minimum atomic E-state index is -0.136. The van der Waals surface area contributed by atoms with E-state index in [-0.39, 0.29) is 6.10 Å². The predicted octanol–water partition coefficient (Wildman–Crippen LogP) is 3.35. The number of ether oxygens (including phenoxy) is 1. The Morgan fingerprint density at radius 2 is 2.00 bits per heavy atom. The summed E-state index contributed by atoms with van der Waals surface area (Å²) in [6, 6.07) is 8.50. The molecule has 1 unspecified atom stereocenters. The zero-order chi connectivity index (χ0) is 19.5. The van der Waals surface area contributed by atoms with Crippen LogP contribution < -0.4 is 4.90 Å². The van der Waals surface area contributed by atoms with Gasteiger partial charge in [-0.25, -0.2) is 0 Å². The molecule has 1 atom stereocenters. The van der Waals surface area contributed by atoms with Gasteiger partial charge in [0.15, 0.2) is 5.82 Å². The van der Waals surface area contributed by atoms with Gasteiger partial charge in [-0.15, -0.1) is 0 Å². The summed E-state index contributed by atoms with van der Waals surface area (Å²) >= 11 is 0. The second kappa shape index (κ2) is 8.24. The van der Waals surface area contributed by atoms with Crippen molar-refractivity contribution in [2.75, 3.05) is 37.7 Å². The Morgan fingerprint density at radius 3 is 2.79 bits per heavy atom. The first-order valence-electron chi connectivity index (χ1n) is 9.91. The van der Waals surface area contributed by atoms with Crippen LogP contribution in [0.1, 0.15) is 37.2 Å². The number of hydrogen-bond acceptors (Lipinski definition) is 7. The van der Waals surface area contributed by atoms with Crippen molar-refractivity contribution in [3.05, 3.63) is 47.7 Å². The summed E-state index contributed by atoms with van der Waals surface area (Å²) in [6.07, 6.45) is 1.78. The molecule has 0 bridgehead atoms. The minimum absolute atomic E-state index is 0.136. The number of pyridine rings is 1. The molecule has 4 rings (SSSR count). The number of para-hydroxylation sites is 1. The maximum atomic E-state index is 5.53. The van der Waals surface area contributed by atoms with E-state index in [9.17, 15) is 0 Å². The van der Waals surface area contributed by atoms with Gasteiger partial charge in [0.2, 0.25) is 5.89 Å². The van der Waals surface area contributed by atoms with Crippen molar-refractivity contribution < 1.29 is 9.26 Å². The molecule has 0 aliphatic carbocycles. The monoisotopic (exact) mass is 381 g/mol. The van der Waals surface area contributed by atoms with Gasteiger partial charge in [-0.2, -0.15) is 4.98 Å². The molecular weight excluding hydrogens is 354 g/mol. The lowest BCUT2D eigenvalue weighted by molar-refractivity contribution is 0.0683. The van der Waals surface area contributed by atoms with Crippen molar-refractivity contribution in [2.45, 2.75) is 33.4 Å². The van der Waals surface area contributed by atoms with Crippen molar-refractivity contribution in [3.63, 3.8) is 0 Å². The summed E-state index contributed by atoms with van der Waals surface area (Å²) in [4.78, 5) is 13.8. The van der Waals surface area contributed by atoms with E-state index in [0.717, 1.165) is 31.7 Å². The first-order valence-corrected chi connectivity index (χ1v) is 9.91. The Kier molecular flexibility index (Phi) is 5.54. The third kappa shape index (κ3) is 3.86. The molecule has 3 aromatic rings. The molecule has 0 saturated carbocycles. The van der Waals surface area contributed by atoms with Gasteiger partial charge in [0, 0.05) is 50.1 Å². The Bertz CT molecular complexity index is 933. The summed E-state index contributed by atoms with van der Waals surface area (Å²) in [5, 5.41) is 5.27. The molecule has 1 saturated heterocycles. The number of rotatable bonds is 6. The van der Waals surface area contributed by atoms with Crippen LogP contribution in [0.5, 0.6) is 0 Å². The van der Waals surface area contributed by atoms with E-state index in [1.165, 1.54) is 16.6 Å². The van der Waals surface area contributed by atoms with Gasteiger partial charge in [-0.05, 0) is 32.4 Å². The molecule has 7 nitrogen and oxygen atoms in total. The first-order chi connectivity index (χ1) is 13.7. The highest BCUT2D eigenvalue weighted by atomic mass is 16.5. The highest BCUT2D eigenvalue weighted by molar-refractivity contribution is 5.93. The fraction of sp³-hybridized carbons (Fsp3) is 0.476. The third-order valence-corrected chi connectivity index (χ3v) is 5.29. The van der Waals surface area contributed by atoms with Crippen LogP contribution in [0.4, 0.5) is 5.69 Å². The lowest BCUT2D eigenvalue weighted by atomic mass is 10.1. The van der Waals surface area contributed by atoms with E-state index >= 15 is 0 Å². The van der Waals surface area contributed by atoms with Crippen molar-refractivity contribution in [1.29, 1.82) is 0 Å². The molecular formula is C21H27N5O2. The lowest BCUT2D eigenvalue weighted by Crippen LogP contribution is -2.46. The van der Waals surface area contributed by atoms with Crippen molar-refractivity contribution in [1.82, 2.24) is 20.0 Å². The quantitative estimate of drug-likeness (QED) is 0.649. The number of nitrogens with zero attached hydrogens (tertiary/aromatic N) is 5. The number of aromatic nitrogens is 3. The van der Waals surface area contributed by atoms with E-state index < -0.39 is 0 Å². The molecule has 1 aromatic carbocycles. The number of hydrogen-bond donors (Lipinski definition) is 0. The van der Waals surface area contributed by atoms with Gasteiger partial charge in [0.1, 0.15) is 6.10 Å². The number of anilines is 1. The van der Waals surface area contributed by atoms with Crippen molar-refractivity contribution in [2.24, 2.45) is 0 Å². The van der Waals surface area contributed by atoms with Crippen LogP contribution in [0.2, 0.25) is 0 Å². The van der Waals surface area contributed by atoms with E-state index in [2.05, 4.69) is 56.1 Å². The van der Waals surface area contributed by atoms with E-state index in [4.69, 9.17) is 9.26 Å². The maximum absolute atomic E-state index is 5.53. The fourth-order valence-corrected chi connectivity index (χ4v) is 3.75. The molecule has 7 heteroatoms. The Morgan fingerprint density at radius 1 is 1.18 bits per heavy atom. The molecule has 28 heavy (non-hydrogen) atoms. The van der Waals surface area contributed by atoms with Crippen LogP contribution in [0.3, 0.4) is 0 Å². The average molecular weight is 381 g/mol. The molecule has 0 radical (unpaired) electrons. The fourth-order valence-electron chi connectivity index (χ4n) is 3.75. The predicted molar refractivity (Wildman–Crippen MR) is 108 cm³/mol. The van der Waals surface area contributed by atoms with Crippen molar-refractivity contribution in [3.8, 4) is 0 Å². The molecule has 0 spiro atoms. The van der Waals surface area contributed by atoms with Crippen LogP contribution in [0, 0.1) is 6.92 Å². The molecule has 0 N–H and O–H groups in total. The van der Waals surface area contributed by atoms with E-state index in [1.54, 1.807) is 0 Å². The molecule has 2 aromatic heterocycles. The van der Waals surface area contributed by atoms with Crippen LogP contribution in [0.25, 0.3) is 10.9 Å². The molecule has 1 fully saturated rings. The maximum Gasteiger partial charge on any atom is 0.240 e. The van der Waals surface area contributed by atoms with E-state index in [0.29, 0.717) is 24.9 Å². The molecule has 1 aliphatic heterocycles. The summed E-state index contributed by atoms with van der Waals surface area (Å²) in [7, 11) is 0. The van der Waals surface area contributed by atoms with Crippen LogP contribution in [0.15, 0.2) is 35.0 Å². The van der Waals surface area contributed by atoms with E-state index in [1.807, 2.05) is 20.0 Å². The topological polar surface area (TPSA) is 67.5 Å². The summed E-state index contributed by atoms with van der Waals surface area (Å²) in [5.74, 6) is 1.27. The van der Waals surface area contributed by atoms with Gasteiger partial charge < -0.3 is 14.2 Å². The normalized spacial score (nSPS) is 16.6. The second-order valence-corrected chi connectivity index (χ2v) is 7.21. The molecule has 3 heterocycles. The van der Waals surface area contributed by atoms with Gasteiger partial charge in [-0.1, -0.05) is 23.4 Å². The number of benzene rings is 1. The summed E-state index contributed by atoms with van der Waals surface area (Å²) in [6.45, 7) is 11.2. The summed E-state index contributed by atoms with van der Waals surface area (Å²) < 4.78 is 10.9. The SMILES string of the molecule is CCOC(C)c1noc(CN2CCN(c3ccnc4c(C)cccc34)CC2)n1. The van der Waals surface area contributed by atoms with Crippen LogP contribution in [-0.2, 0) is 11.3 Å². The third-order valence-electron chi connectivity index (χ3n) is 5.29. The number of fused-ring (bicyclic) bond motifs is 1. The van der Waals surface area contributed by atoms with Gasteiger partial charge in [-0.3, -0.25) is 9.88 Å². The Labute approximate surface area is 165 Å². The van der Waals surface area contributed by atoms with Gasteiger partial charge in [0.25, 0.3) is 0 Å². The summed E-state index contributed by atoms with van der Waals surface area (Å²) in [5.41, 5.74) is 3.56. The number of aryl methyl sites for hydroxylation is 1. The number of piperazine rings is 1. The second-order valence-electron chi connectivity index (χ2n) is 7.21. The smallest absolute Gasteiger partial charge is 0.240 e. The standard InChI is InChI=1S/C21H27N5O2/c1-4-27-16(3)21-23-19(28-24-21)14-25-10-12-26(13-11-25)18-8-9-22-20-15(2)6-5-7-17(18)20/h5-9,16H,4,10-14H2,1-3H3. The minimum Gasteiger partial charge on any atom is -0.371 e. The van der Waals surface area contributed by atoms with Crippen LogP contribution >= 0.6 is 0 Å². The van der Waals surface area contributed by atoms with Crippen LogP contribution in [-0.4, -0.2) is 52.8 Å². The van der Waals surface area contributed by atoms with Crippen molar-refractivity contribution >= 4 is 16.6 Å². The zero-order valence-electron chi connectivity index (χ0n) is 16.8. The molecule has 0 amide bonds. The Balaban J connectivity index is 1.40. The molecule has 148 valence electrons. The largest absolute Gasteiger partial charge is 0.371 e. The molecule has 1 aliphatic rings. The lowest BCUT2D eigenvalue weighted by Gasteiger charge is -2.35. The first kappa shape index (κ1) is 18.8. The highest BCUT2D eigenvalue weighted by Crippen LogP contribution is 2.28.